The maximum atomic E-state index is 4.73. The molecule has 0 amide bonds. The van der Waals surface area contributed by atoms with E-state index in [4.69, 9.17) is 4.98 Å². The molecule has 0 fully saturated rings. The Kier molecular flexibility index (Phi) is 4.46. The summed E-state index contributed by atoms with van der Waals surface area (Å²) in [6.07, 6.45) is 6.96. The van der Waals surface area contributed by atoms with E-state index in [0.29, 0.717) is 5.82 Å². The summed E-state index contributed by atoms with van der Waals surface area (Å²) in [5.74, 6) is 6.61. The van der Waals surface area contributed by atoms with E-state index < -0.39 is 0 Å². The van der Waals surface area contributed by atoms with Crippen molar-refractivity contribution in [1.29, 1.82) is 0 Å². The van der Waals surface area contributed by atoms with Gasteiger partial charge in [0.25, 0.3) is 0 Å². The zero-order chi connectivity index (χ0) is 17.8. The van der Waals surface area contributed by atoms with Crippen LogP contribution in [0.5, 0.6) is 0 Å². The Morgan fingerprint density at radius 2 is 1.73 bits per heavy atom. The van der Waals surface area contributed by atoms with E-state index in [9.17, 15) is 0 Å². The highest BCUT2D eigenvalue weighted by Gasteiger charge is 2.15. The molecule has 0 aliphatic carbocycles. The molecule has 4 aromatic rings. The van der Waals surface area contributed by atoms with Gasteiger partial charge in [0.1, 0.15) is 16.4 Å². The van der Waals surface area contributed by atoms with Crippen molar-refractivity contribution in [3.8, 4) is 44.5 Å². The monoisotopic (exact) mass is 355 g/mol. The second kappa shape index (κ2) is 7.21. The van der Waals surface area contributed by atoms with Gasteiger partial charge in [-0.3, -0.25) is 4.98 Å². The molecule has 0 bridgehead atoms. The second-order valence-corrected chi connectivity index (χ2v) is 6.29. The number of aromatic nitrogens is 5. The normalized spacial score (nSPS) is 10.2. The van der Waals surface area contributed by atoms with Crippen LogP contribution in [0.2, 0.25) is 0 Å². The van der Waals surface area contributed by atoms with Crippen LogP contribution in [0.3, 0.4) is 0 Å². The molecular weight excluding hydrogens is 342 g/mol. The van der Waals surface area contributed by atoms with Gasteiger partial charge >= 0.3 is 0 Å². The van der Waals surface area contributed by atoms with Crippen LogP contribution in [0.15, 0.2) is 61.2 Å². The zero-order valence-corrected chi connectivity index (χ0v) is 14.7. The average molecular weight is 355 g/mol. The van der Waals surface area contributed by atoms with Crippen molar-refractivity contribution in [2.75, 3.05) is 0 Å². The summed E-state index contributed by atoms with van der Waals surface area (Å²) in [6.45, 7) is 1.80. The average Bonchev–Trinajstić information content (AvgIpc) is 3.14. The molecule has 0 radical (unpaired) electrons. The lowest BCUT2D eigenvalue weighted by atomic mass is 10.2. The molecule has 26 heavy (non-hydrogen) atoms. The first-order valence-electron chi connectivity index (χ1n) is 7.94. The number of thiazole rings is 1. The predicted molar refractivity (Wildman–Crippen MR) is 102 cm³/mol. The van der Waals surface area contributed by atoms with Crippen molar-refractivity contribution in [1.82, 2.24) is 24.9 Å². The van der Waals surface area contributed by atoms with Crippen molar-refractivity contribution >= 4 is 11.3 Å². The summed E-state index contributed by atoms with van der Waals surface area (Å²) >= 11 is 1.55. The molecule has 0 saturated carbocycles. The van der Waals surface area contributed by atoms with E-state index >= 15 is 0 Å². The molecule has 4 heterocycles. The second-order valence-electron chi connectivity index (χ2n) is 5.29. The van der Waals surface area contributed by atoms with Crippen molar-refractivity contribution in [2.24, 2.45) is 0 Å². The van der Waals surface area contributed by atoms with Crippen LogP contribution in [0, 0.1) is 11.8 Å². The minimum Gasteiger partial charge on any atom is -0.264 e. The maximum absolute atomic E-state index is 4.73. The smallest absolute Gasteiger partial charge is 0.178 e. The lowest BCUT2D eigenvalue weighted by Crippen LogP contribution is -1.92. The SMILES string of the molecule is CC#Cc1nc(-c2cccnc2)sc1-c1cccc(-c2ncccn2)n1. The molecule has 0 N–H and O–H groups in total. The lowest BCUT2D eigenvalue weighted by molar-refractivity contribution is 1.14. The van der Waals surface area contributed by atoms with Gasteiger partial charge in [0.05, 0.1) is 10.6 Å². The molecule has 124 valence electrons. The molecule has 0 saturated heterocycles. The summed E-state index contributed by atoms with van der Waals surface area (Å²) < 4.78 is 0. The first kappa shape index (κ1) is 16.1. The summed E-state index contributed by atoms with van der Waals surface area (Å²) in [5, 5.41) is 0.869. The third-order valence-corrected chi connectivity index (χ3v) is 4.68. The molecular formula is C20H13N5S. The molecule has 0 aliphatic heterocycles. The Morgan fingerprint density at radius 3 is 2.50 bits per heavy atom. The topological polar surface area (TPSA) is 64.5 Å². The van der Waals surface area contributed by atoms with Crippen LogP contribution in [0.1, 0.15) is 12.6 Å². The van der Waals surface area contributed by atoms with Crippen molar-refractivity contribution in [2.45, 2.75) is 6.92 Å². The number of nitrogens with zero attached hydrogens (tertiary/aromatic N) is 5. The van der Waals surface area contributed by atoms with Gasteiger partial charge in [-0.25, -0.2) is 19.9 Å². The fourth-order valence-corrected chi connectivity index (χ4v) is 3.41. The number of rotatable bonds is 3. The van der Waals surface area contributed by atoms with E-state index in [2.05, 4.69) is 31.8 Å². The van der Waals surface area contributed by atoms with Crippen LogP contribution in [-0.4, -0.2) is 24.9 Å². The third kappa shape index (κ3) is 3.21. The fourth-order valence-electron chi connectivity index (χ4n) is 2.43. The quantitative estimate of drug-likeness (QED) is 0.518. The van der Waals surface area contributed by atoms with E-state index in [-0.39, 0.29) is 0 Å². The molecule has 6 heteroatoms. The van der Waals surface area contributed by atoms with E-state index in [1.807, 2.05) is 30.3 Å². The van der Waals surface area contributed by atoms with E-state index in [1.54, 1.807) is 49.1 Å². The molecule has 0 aliphatic rings. The fraction of sp³-hybridized carbons (Fsp3) is 0.0500. The summed E-state index contributed by atoms with van der Waals surface area (Å²) in [5.41, 5.74) is 3.20. The van der Waals surface area contributed by atoms with Crippen molar-refractivity contribution in [3.63, 3.8) is 0 Å². The van der Waals surface area contributed by atoms with Gasteiger partial charge in [-0.05, 0) is 43.2 Å². The molecule has 5 nitrogen and oxygen atoms in total. The van der Waals surface area contributed by atoms with Gasteiger partial charge < -0.3 is 0 Å². The maximum Gasteiger partial charge on any atom is 0.178 e. The number of hydrogen-bond donors (Lipinski definition) is 0. The standard InChI is InChI=1S/C20H13N5S/c1-2-6-15-18(26-20(25-15)14-7-4-10-21-13-14)16-8-3-9-17(24-16)19-22-11-5-12-23-19/h3-5,7-13H,1H3. The van der Waals surface area contributed by atoms with Gasteiger partial charge in [0, 0.05) is 30.4 Å². The Morgan fingerprint density at radius 1 is 0.885 bits per heavy atom. The molecule has 0 spiro atoms. The highest BCUT2D eigenvalue weighted by Crippen LogP contribution is 2.34. The summed E-state index contributed by atoms with van der Waals surface area (Å²) in [7, 11) is 0. The Bertz CT molecular complexity index is 1100. The number of hydrogen-bond acceptors (Lipinski definition) is 6. The van der Waals surface area contributed by atoms with Crippen LogP contribution in [0.4, 0.5) is 0 Å². The number of pyridine rings is 2. The molecule has 0 atom stereocenters. The van der Waals surface area contributed by atoms with Gasteiger partial charge in [-0.2, -0.15) is 0 Å². The molecule has 4 aromatic heterocycles. The van der Waals surface area contributed by atoms with Gasteiger partial charge in [0.15, 0.2) is 5.82 Å². The largest absolute Gasteiger partial charge is 0.264 e. The van der Waals surface area contributed by atoms with Crippen LogP contribution in [-0.2, 0) is 0 Å². The van der Waals surface area contributed by atoms with Crippen LogP contribution in [0.25, 0.3) is 32.7 Å². The molecule has 0 unspecified atom stereocenters. The van der Waals surface area contributed by atoms with Crippen LogP contribution < -0.4 is 0 Å². The Labute approximate surface area is 154 Å². The highest BCUT2D eigenvalue weighted by atomic mass is 32.1. The third-order valence-electron chi connectivity index (χ3n) is 3.56. The first-order chi connectivity index (χ1) is 12.8. The van der Waals surface area contributed by atoms with Gasteiger partial charge in [-0.1, -0.05) is 12.0 Å². The summed E-state index contributed by atoms with van der Waals surface area (Å²) in [6, 6.07) is 11.5. The Balaban J connectivity index is 1.82. The first-order valence-corrected chi connectivity index (χ1v) is 8.75. The van der Waals surface area contributed by atoms with Crippen molar-refractivity contribution in [3.05, 3.63) is 66.9 Å². The van der Waals surface area contributed by atoms with Gasteiger partial charge in [0.2, 0.25) is 0 Å². The van der Waals surface area contributed by atoms with Crippen molar-refractivity contribution < 1.29 is 0 Å². The van der Waals surface area contributed by atoms with Crippen LogP contribution >= 0.6 is 11.3 Å². The van der Waals surface area contributed by atoms with E-state index in [0.717, 1.165) is 32.5 Å². The molecule has 4 rings (SSSR count). The van der Waals surface area contributed by atoms with E-state index in [1.165, 1.54) is 0 Å². The Hall–Kier alpha value is -3.43. The lowest BCUT2D eigenvalue weighted by Gasteiger charge is -2.02. The molecule has 0 aromatic carbocycles. The minimum absolute atomic E-state index is 0.592. The highest BCUT2D eigenvalue weighted by molar-refractivity contribution is 7.18. The van der Waals surface area contributed by atoms with Gasteiger partial charge in [-0.15, -0.1) is 11.3 Å². The predicted octanol–water partition coefficient (Wildman–Crippen LogP) is 4.10. The zero-order valence-electron chi connectivity index (χ0n) is 13.9. The minimum atomic E-state index is 0.592. The summed E-state index contributed by atoms with van der Waals surface area (Å²) in [4.78, 5) is 23.1.